The molecule has 0 spiro atoms. The van der Waals surface area contributed by atoms with E-state index in [1.807, 2.05) is 0 Å². The van der Waals surface area contributed by atoms with Gasteiger partial charge < -0.3 is 5.11 Å². The molecule has 1 aliphatic rings. The van der Waals surface area contributed by atoms with E-state index in [1.165, 1.54) is 21.9 Å². The van der Waals surface area contributed by atoms with Crippen LogP contribution in [0.15, 0.2) is 48.7 Å². The quantitative estimate of drug-likeness (QED) is 0.697. The van der Waals surface area contributed by atoms with Crippen LogP contribution in [0.5, 0.6) is 0 Å². The number of rotatable bonds is 2. The molecule has 1 nitrogen and oxygen atoms in total. The average Bonchev–Trinajstić information content (AvgIpc) is 2.59. The van der Waals surface area contributed by atoms with Gasteiger partial charge in [-0.05, 0) is 40.7 Å². The maximum atomic E-state index is 11.2. The first-order valence-electron chi connectivity index (χ1n) is 5.61. The molecule has 1 unspecified atom stereocenters. The van der Waals surface area contributed by atoms with E-state index in [9.17, 15) is 5.11 Å². The lowest BCUT2D eigenvalue weighted by molar-refractivity contribution is -0.306. The molecule has 2 aromatic carbocycles. The van der Waals surface area contributed by atoms with Crippen molar-refractivity contribution >= 4 is 10.8 Å². The van der Waals surface area contributed by atoms with Crippen LogP contribution in [-0.4, -0.2) is 0 Å². The molecule has 0 saturated carbocycles. The van der Waals surface area contributed by atoms with Crippen molar-refractivity contribution in [3.05, 3.63) is 59.9 Å². The second-order valence-electron chi connectivity index (χ2n) is 4.51. The Labute approximate surface area is 95.0 Å². The zero-order chi connectivity index (χ0) is 11.1. The molecule has 0 saturated heterocycles. The van der Waals surface area contributed by atoms with Crippen LogP contribution in [0.3, 0.4) is 0 Å². The first-order valence-corrected chi connectivity index (χ1v) is 5.61. The maximum absolute atomic E-state index is 11.2. The van der Waals surface area contributed by atoms with Crippen LogP contribution in [0.4, 0.5) is 0 Å². The monoisotopic (exact) mass is 209 g/mol. The lowest BCUT2D eigenvalue weighted by atomic mass is 9.96. The van der Waals surface area contributed by atoms with E-state index in [2.05, 4.69) is 43.0 Å². The minimum atomic E-state index is 0.0369. The summed E-state index contributed by atoms with van der Waals surface area (Å²) < 4.78 is 0. The fourth-order valence-corrected chi connectivity index (χ4v) is 2.79. The smallest absolute Gasteiger partial charge is 0.00865 e. The lowest BCUT2D eigenvalue weighted by Crippen LogP contribution is -2.07. The third-order valence-corrected chi connectivity index (χ3v) is 3.40. The van der Waals surface area contributed by atoms with Crippen LogP contribution in [0.2, 0.25) is 0 Å². The van der Waals surface area contributed by atoms with Gasteiger partial charge >= 0.3 is 0 Å². The summed E-state index contributed by atoms with van der Waals surface area (Å²) in [6.07, 6.45) is 1.55. The van der Waals surface area contributed by atoms with Gasteiger partial charge in [-0.3, -0.25) is 0 Å². The maximum Gasteiger partial charge on any atom is -0.00865 e. The van der Waals surface area contributed by atoms with Crippen LogP contribution in [0.1, 0.15) is 23.5 Å². The summed E-state index contributed by atoms with van der Waals surface area (Å²) in [5.41, 5.74) is 2.70. The molecule has 0 fully saturated rings. The molecule has 16 heavy (non-hydrogen) atoms. The zero-order valence-corrected chi connectivity index (χ0v) is 9.07. The second-order valence-corrected chi connectivity index (χ2v) is 4.51. The highest BCUT2D eigenvalue weighted by Crippen LogP contribution is 2.40. The number of allylic oxidation sites excluding steroid dienone is 1. The normalized spacial score (nSPS) is 17.9. The first-order chi connectivity index (χ1) is 7.75. The molecular weight excluding hydrogens is 196 g/mol. The molecule has 80 valence electrons. The third-order valence-electron chi connectivity index (χ3n) is 3.40. The van der Waals surface area contributed by atoms with Gasteiger partial charge in [0.05, 0.1) is 0 Å². The van der Waals surface area contributed by atoms with Gasteiger partial charge in [-0.15, -0.1) is 12.3 Å². The minimum absolute atomic E-state index is 0.0369. The van der Waals surface area contributed by atoms with E-state index in [1.54, 1.807) is 0 Å². The van der Waals surface area contributed by atoms with Crippen molar-refractivity contribution < 1.29 is 5.11 Å². The molecule has 1 atom stereocenters. The standard InChI is InChI=1S/C15H14O/c1-10(16)8-13-9-12-6-2-4-11-5-3-7-14(13)15(11)12/h2-7,13,16H,1,8-9H2/p-1. The van der Waals surface area contributed by atoms with E-state index >= 15 is 0 Å². The van der Waals surface area contributed by atoms with E-state index in [0.717, 1.165) is 6.42 Å². The van der Waals surface area contributed by atoms with Gasteiger partial charge in [-0.2, -0.15) is 0 Å². The predicted molar refractivity (Wildman–Crippen MR) is 64.2 cm³/mol. The van der Waals surface area contributed by atoms with Crippen molar-refractivity contribution in [1.82, 2.24) is 0 Å². The van der Waals surface area contributed by atoms with Gasteiger partial charge in [-0.1, -0.05) is 36.4 Å². The number of hydrogen-bond acceptors (Lipinski definition) is 1. The highest BCUT2D eigenvalue weighted by atomic mass is 16.3. The minimum Gasteiger partial charge on any atom is -0.876 e. The summed E-state index contributed by atoms with van der Waals surface area (Å²) in [6, 6.07) is 12.8. The van der Waals surface area contributed by atoms with E-state index in [-0.39, 0.29) is 5.76 Å². The van der Waals surface area contributed by atoms with E-state index in [4.69, 9.17) is 0 Å². The van der Waals surface area contributed by atoms with Crippen molar-refractivity contribution in [2.24, 2.45) is 0 Å². The fraction of sp³-hybridized carbons (Fsp3) is 0.200. The highest BCUT2D eigenvalue weighted by Gasteiger charge is 2.22. The zero-order valence-electron chi connectivity index (χ0n) is 9.07. The Morgan fingerprint density at radius 2 is 2.00 bits per heavy atom. The van der Waals surface area contributed by atoms with Crippen molar-refractivity contribution in [3.63, 3.8) is 0 Å². The van der Waals surface area contributed by atoms with Gasteiger partial charge in [0.2, 0.25) is 0 Å². The average molecular weight is 209 g/mol. The molecule has 0 heterocycles. The molecule has 0 radical (unpaired) electrons. The Kier molecular flexibility index (Phi) is 2.00. The van der Waals surface area contributed by atoms with Crippen molar-refractivity contribution in [2.75, 3.05) is 0 Å². The summed E-state index contributed by atoms with van der Waals surface area (Å²) in [5, 5.41) is 13.8. The van der Waals surface area contributed by atoms with E-state index < -0.39 is 0 Å². The summed E-state index contributed by atoms with van der Waals surface area (Å²) >= 11 is 0. The van der Waals surface area contributed by atoms with Gasteiger partial charge in [-0.25, -0.2) is 0 Å². The van der Waals surface area contributed by atoms with Crippen LogP contribution in [0, 0.1) is 0 Å². The molecule has 0 bridgehead atoms. The Morgan fingerprint density at radius 1 is 1.25 bits per heavy atom. The lowest BCUT2D eigenvalue weighted by Gasteiger charge is -2.16. The van der Waals surface area contributed by atoms with Gasteiger partial charge in [0, 0.05) is 0 Å². The first kappa shape index (κ1) is 9.46. The molecule has 3 rings (SSSR count). The fourth-order valence-electron chi connectivity index (χ4n) is 2.79. The number of hydrogen-bond donors (Lipinski definition) is 0. The highest BCUT2D eigenvalue weighted by molar-refractivity contribution is 5.91. The van der Waals surface area contributed by atoms with Crippen molar-refractivity contribution in [1.29, 1.82) is 0 Å². The molecule has 0 amide bonds. The predicted octanol–water partition coefficient (Wildman–Crippen LogP) is 2.74. The van der Waals surface area contributed by atoms with Crippen LogP contribution in [0.25, 0.3) is 10.8 Å². The number of benzene rings is 2. The van der Waals surface area contributed by atoms with Crippen LogP contribution >= 0.6 is 0 Å². The van der Waals surface area contributed by atoms with Crippen LogP contribution < -0.4 is 5.11 Å². The Morgan fingerprint density at radius 3 is 2.75 bits per heavy atom. The summed E-state index contributed by atoms with van der Waals surface area (Å²) in [7, 11) is 0. The topological polar surface area (TPSA) is 23.1 Å². The van der Waals surface area contributed by atoms with Gasteiger partial charge in [0.25, 0.3) is 0 Å². The summed E-state index contributed by atoms with van der Waals surface area (Å²) in [4.78, 5) is 0. The van der Waals surface area contributed by atoms with Crippen LogP contribution in [-0.2, 0) is 6.42 Å². The molecule has 0 aliphatic heterocycles. The second kappa shape index (κ2) is 3.38. The molecule has 2 aromatic rings. The van der Waals surface area contributed by atoms with E-state index in [0.29, 0.717) is 12.3 Å². The Hall–Kier alpha value is -1.76. The van der Waals surface area contributed by atoms with Gasteiger partial charge in [0.15, 0.2) is 0 Å². The third kappa shape index (κ3) is 1.32. The summed E-state index contributed by atoms with van der Waals surface area (Å²) in [5.74, 6) is 0.376. The Balaban J connectivity index is 2.17. The van der Waals surface area contributed by atoms with Gasteiger partial charge in [0.1, 0.15) is 0 Å². The Bertz CT molecular complexity index is 563. The van der Waals surface area contributed by atoms with Crippen molar-refractivity contribution in [3.8, 4) is 0 Å². The molecule has 0 aromatic heterocycles. The molecule has 1 aliphatic carbocycles. The van der Waals surface area contributed by atoms with Crippen molar-refractivity contribution in [2.45, 2.75) is 18.8 Å². The molecule has 1 heteroatoms. The SMILES string of the molecule is C=C([O-])CC1Cc2cccc3cccc1c23. The largest absolute Gasteiger partial charge is 0.876 e. The summed E-state index contributed by atoms with van der Waals surface area (Å²) in [6.45, 7) is 3.49. The molecular formula is C15H13O-. The molecule has 0 N–H and O–H groups in total.